The van der Waals surface area contributed by atoms with E-state index in [2.05, 4.69) is 6.26 Å². The number of hydrogen-bond donors (Lipinski definition) is 1. The summed E-state index contributed by atoms with van der Waals surface area (Å²) in [5.74, 6) is 1.77. The van der Waals surface area contributed by atoms with Crippen molar-refractivity contribution >= 4 is 53.0 Å². The second-order valence-electron chi connectivity index (χ2n) is 2.63. The van der Waals surface area contributed by atoms with Crippen LogP contribution in [0.15, 0.2) is 0 Å². The van der Waals surface area contributed by atoms with Crippen LogP contribution in [0, 0.1) is 0 Å². The molecule has 0 fully saturated rings. The predicted molar refractivity (Wildman–Crippen MR) is 78.7 cm³/mol. The third-order valence-electron chi connectivity index (χ3n) is 1.31. The van der Waals surface area contributed by atoms with Crippen LogP contribution in [0.1, 0.15) is 0 Å². The quantitative estimate of drug-likeness (QED) is 0.356. The van der Waals surface area contributed by atoms with E-state index in [0.717, 1.165) is 15.9 Å². The van der Waals surface area contributed by atoms with Gasteiger partial charge in [-0.15, -0.1) is 23.5 Å². The first-order valence-electron chi connectivity index (χ1n) is 4.80. The van der Waals surface area contributed by atoms with E-state index in [1.54, 1.807) is 35.3 Å². The normalized spacial score (nSPS) is 10.4. The minimum atomic E-state index is -0.139. The van der Waals surface area contributed by atoms with Crippen LogP contribution in [-0.2, 0) is 9.53 Å². The maximum absolute atomic E-state index is 11.2. The number of esters is 1. The van der Waals surface area contributed by atoms with Crippen LogP contribution in [0.3, 0.4) is 0 Å². The van der Waals surface area contributed by atoms with E-state index in [1.807, 2.05) is 11.8 Å². The molecule has 0 aliphatic heterocycles. The second-order valence-corrected chi connectivity index (χ2v) is 7.43. The first-order valence-corrected chi connectivity index (χ1v) is 9.65. The lowest BCUT2D eigenvalue weighted by Gasteiger charge is -2.04. The van der Waals surface area contributed by atoms with Crippen LogP contribution >= 0.6 is 47.0 Å². The monoisotopic (exact) mass is 302 g/mol. The van der Waals surface area contributed by atoms with Gasteiger partial charge in [0.05, 0.1) is 12.4 Å². The molecule has 0 radical (unpaired) electrons. The summed E-state index contributed by atoms with van der Waals surface area (Å²) in [4.78, 5) is 11.2. The van der Waals surface area contributed by atoms with Crippen molar-refractivity contribution in [1.29, 1.82) is 0 Å². The molecule has 0 bridgehead atoms. The summed E-state index contributed by atoms with van der Waals surface area (Å²) in [6, 6.07) is 0. The first kappa shape index (κ1) is 16.8. The van der Waals surface area contributed by atoms with Crippen molar-refractivity contribution in [2.45, 2.75) is 0 Å². The maximum Gasteiger partial charge on any atom is 0.315 e. The first-order chi connectivity index (χ1) is 7.81. The number of carbonyl (C=O) groups excluding carboxylic acids is 1. The predicted octanol–water partition coefficient (Wildman–Crippen LogP) is 2.00. The van der Waals surface area contributed by atoms with Gasteiger partial charge in [0.1, 0.15) is 6.61 Å². The summed E-state index contributed by atoms with van der Waals surface area (Å²) in [6.07, 6.45) is 2.07. The van der Waals surface area contributed by atoms with Gasteiger partial charge in [0.15, 0.2) is 0 Å². The molecule has 0 saturated carbocycles. The lowest BCUT2D eigenvalue weighted by molar-refractivity contribution is -0.139. The lowest BCUT2D eigenvalue weighted by atomic mass is 10.8. The fraction of sp³-hybridized carbons (Fsp3) is 0.889. The van der Waals surface area contributed by atoms with Gasteiger partial charge in [-0.3, -0.25) is 4.79 Å². The molecule has 1 N–H and O–H groups in total. The van der Waals surface area contributed by atoms with E-state index in [0.29, 0.717) is 18.1 Å². The Morgan fingerprint density at radius 2 is 2.00 bits per heavy atom. The highest BCUT2D eigenvalue weighted by Crippen LogP contribution is 2.15. The fourth-order valence-corrected chi connectivity index (χ4v) is 3.86. The van der Waals surface area contributed by atoms with E-state index >= 15 is 0 Å². The zero-order valence-electron chi connectivity index (χ0n) is 9.35. The molecule has 0 heterocycles. The molecule has 3 nitrogen and oxygen atoms in total. The Balaban J connectivity index is 3.12. The highest BCUT2D eigenvalue weighted by molar-refractivity contribution is 8.22. The van der Waals surface area contributed by atoms with Crippen LogP contribution < -0.4 is 0 Å². The van der Waals surface area contributed by atoms with Gasteiger partial charge in [-0.05, 0) is 6.26 Å². The molecule has 0 saturated heterocycles. The van der Waals surface area contributed by atoms with Crippen molar-refractivity contribution in [2.75, 3.05) is 46.9 Å². The van der Waals surface area contributed by atoms with Crippen molar-refractivity contribution in [2.24, 2.45) is 0 Å². The van der Waals surface area contributed by atoms with Crippen molar-refractivity contribution < 1.29 is 14.6 Å². The summed E-state index contributed by atoms with van der Waals surface area (Å²) < 4.78 is 5.02. The minimum Gasteiger partial charge on any atom is -0.464 e. The van der Waals surface area contributed by atoms with Crippen LogP contribution in [-0.4, -0.2) is 58.0 Å². The van der Waals surface area contributed by atoms with Gasteiger partial charge < -0.3 is 9.84 Å². The van der Waals surface area contributed by atoms with E-state index in [4.69, 9.17) is 9.84 Å². The third kappa shape index (κ3) is 12.9. The number of aliphatic hydroxyl groups is 1. The molecule has 0 aromatic rings. The maximum atomic E-state index is 11.2. The summed E-state index contributed by atoms with van der Waals surface area (Å²) in [5.41, 5.74) is 0. The van der Waals surface area contributed by atoms with E-state index in [-0.39, 0.29) is 12.6 Å². The van der Waals surface area contributed by atoms with Gasteiger partial charge in [0.25, 0.3) is 0 Å². The van der Waals surface area contributed by atoms with Crippen molar-refractivity contribution in [3.63, 3.8) is 0 Å². The molecule has 0 rings (SSSR count). The molecule has 0 amide bonds. The van der Waals surface area contributed by atoms with Gasteiger partial charge in [0, 0.05) is 21.7 Å². The molecular weight excluding hydrogens is 284 g/mol. The average Bonchev–Trinajstić information content (AvgIpc) is 2.28. The van der Waals surface area contributed by atoms with E-state index in [9.17, 15) is 4.79 Å². The number of ether oxygens (including phenoxy) is 1. The summed E-state index contributed by atoms with van der Waals surface area (Å²) in [7, 11) is 0. The Hall–Kier alpha value is 0.830. The lowest BCUT2D eigenvalue weighted by Crippen LogP contribution is -2.10. The Bertz CT molecular complexity index is 153. The zero-order chi connectivity index (χ0) is 12.1. The molecule has 0 aromatic heterocycles. The standard InChI is InChI=1S/C9H18O3S4/c1-13-7-16-8-15-6-9(11)12-3-5-14-4-2-10/h10H,2-8H2,1H3. The van der Waals surface area contributed by atoms with Crippen LogP contribution in [0.2, 0.25) is 0 Å². The molecule has 0 atom stereocenters. The summed E-state index contributed by atoms with van der Waals surface area (Å²) in [5, 5.41) is 10.5. The minimum absolute atomic E-state index is 0.139. The number of carbonyl (C=O) groups is 1. The summed E-state index contributed by atoms with van der Waals surface area (Å²) in [6.45, 7) is 0.628. The Kier molecular flexibility index (Phi) is 14.6. The van der Waals surface area contributed by atoms with Crippen molar-refractivity contribution in [1.82, 2.24) is 0 Å². The molecule has 0 aliphatic rings. The van der Waals surface area contributed by atoms with E-state index in [1.165, 1.54) is 0 Å². The molecule has 0 aliphatic carbocycles. The van der Waals surface area contributed by atoms with Crippen LogP contribution in [0.5, 0.6) is 0 Å². The van der Waals surface area contributed by atoms with Crippen molar-refractivity contribution in [3.05, 3.63) is 0 Å². The van der Waals surface area contributed by atoms with Crippen molar-refractivity contribution in [3.8, 4) is 0 Å². The molecule has 0 unspecified atom stereocenters. The number of aliphatic hydroxyl groups excluding tert-OH is 1. The van der Waals surface area contributed by atoms with Gasteiger partial charge in [-0.25, -0.2) is 0 Å². The van der Waals surface area contributed by atoms with Gasteiger partial charge >= 0.3 is 5.97 Å². The second kappa shape index (κ2) is 13.9. The molecule has 0 aromatic carbocycles. The molecular formula is C9H18O3S4. The molecule has 96 valence electrons. The highest BCUT2D eigenvalue weighted by Gasteiger charge is 2.02. The smallest absolute Gasteiger partial charge is 0.315 e. The zero-order valence-corrected chi connectivity index (χ0v) is 12.6. The summed E-state index contributed by atoms with van der Waals surface area (Å²) >= 11 is 6.80. The Morgan fingerprint density at radius 3 is 2.69 bits per heavy atom. The Labute approximate surface area is 114 Å². The van der Waals surface area contributed by atoms with Gasteiger partial charge in [-0.2, -0.15) is 23.5 Å². The largest absolute Gasteiger partial charge is 0.464 e. The average molecular weight is 303 g/mol. The number of thioether (sulfide) groups is 4. The fourth-order valence-electron chi connectivity index (χ4n) is 0.724. The van der Waals surface area contributed by atoms with Crippen LogP contribution in [0.25, 0.3) is 0 Å². The SMILES string of the molecule is CSCSCSCC(=O)OCCSCCO. The third-order valence-corrected chi connectivity index (χ3v) is 5.62. The number of hydrogen-bond acceptors (Lipinski definition) is 7. The Morgan fingerprint density at radius 1 is 1.19 bits per heavy atom. The molecule has 0 spiro atoms. The van der Waals surface area contributed by atoms with Gasteiger partial charge in [0.2, 0.25) is 0 Å². The van der Waals surface area contributed by atoms with Gasteiger partial charge in [-0.1, -0.05) is 0 Å². The van der Waals surface area contributed by atoms with E-state index < -0.39 is 0 Å². The molecule has 7 heteroatoms. The topological polar surface area (TPSA) is 46.5 Å². The number of rotatable bonds is 11. The molecule has 16 heavy (non-hydrogen) atoms. The highest BCUT2D eigenvalue weighted by atomic mass is 32.2. The van der Waals surface area contributed by atoms with Crippen LogP contribution in [0.4, 0.5) is 0 Å².